The van der Waals surface area contributed by atoms with Crippen LogP contribution >= 0.6 is 0 Å². The van der Waals surface area contributed by atoms with Crippen LogP contribution < -0.4 is 11.1 Å². The smallest absolute Gasteiger partial charge is 0.413 e. The molecule has 0 fully saturated rings. The molecule has 0 atom stereocenters. The number of carbonyl (C=O) groups is 3. The number of nitrogens with zero attached hydrogens (tertiary/aromatic N) is 2. The molecule has 0 bridgehead atoms. The second-order valence-electron chi connectivity index (χ2n) is 4.09. The molecular weight excluding hydrogens is 292 g/mol. The number of amides is 2. The van der Waals surface area contributed by atoms with Gasteiger partial charge < -0.3 is 20.9 Å². The third-order valence-electron chi connectivity index (χ3n) is 2.38. The molecule has 4 N–H and O–H groups in total. The zero-order chi connectivity index (χ0) is 17.0. The summed E-state index contributed by atoms with van der Waals surface area (Å²) in [6.07, 6.45) is 0.509. The van der Waals surface area contributed by atoms with E-state index in [2.05, 4.69) is 5.32 Å². The first kappa shape index (κ1) is 19.4. The lowest BCUT2D eigenvalue weighted by atomic mass is 10.2. The summed E-state index contributed by atoms with van der Waals surface area (Å²) in [6, 6.07) is 1.68. The Bertz CT molecular complexity index is 470. The highest BCUT2D eigenvalue weighted by molar-refractivity contribution is 5.97. The zero-order valence-corrected chi connectivity index (χ0v) is 12.4. The molecule has 0 aliphatic carbocycles. The molecule has 22 heavy (non-hydrogen) atoms. The summed E-state index contributed by atoms with van der Waals surface area (Å²) in [7, 11) is 0. The van der Waals surface area contributed by atoms with Crippen molar-refractivity contribution in [3.63, 3.8) is 0 Å². The predicted molar refractivity (Wildman–Crippen MR) is 76.4 cm³/mol. The molecule has 0 radical (unpaired) electrons. The Hall–Kier alpha value is -2.60. The highest BCUT2D eigenvalue weighted by atomic mass is 16.6. The molecule has 2 amide bonds. The van der Waals surface area contributed by atoms with Gasteiger partial charge >= 0.3 is 12.1 Å². The normalized spacial score (nSPS) is 10.5. The Kier molecular flexibility index (Phi) is 9.79. The number of nitrogens with two attached hydrogens (primary N) is 1. The van der Waals surface area contributed by atoms with Crippen molar-refractivity contribution in [2.24, 2.45) is 5.73 Å². The maximum Gasteiger partial charge on any atom is 0.413 e. The number of rotatable bonds is 9. The first-order valence-electron chi connectivity index (χ1n) is 6.71. The number of hydrogen-bond donors (Lipinski definition) is 3. The van der Waals surface area contributed by atoms with E-state index in [1.165, 1.54) is 0 Å². The van der Waals surface area contributed by atoms with Crippen LogP contribution in [-0.4, -0.2) is 54.2 Å². The Labute approximate surface area is 128 Å². The molecule has 0 aromatic carbocycles. The van der Waals surface area contributed by atoms with Crippen LogP contribution in [0.5, 0.6) is 0 Å². The van der Waals surface area contributed by atoms with Crippen LogP contribution in [-0.2, 0) is 14.3 Å². The van der Waals surface area contributed by atoms with E-state index in [9.17, 15) is 14.4 Å². The molecule has 0 aliphatic rings. The van der Waals surface area contributed by atoms with E-state index >= 15 is 0 Å². The summed E-state index contributed by atoms with van der Waals surface area (Å²) in [5, 5.41) is 19.9. The minimum atomic E-state index is -0.971. The molecule has 122 valence electrons. The maximum atomic E-state index is 11.8. The standard InChI is InChI=1S/C13H20N4O5/c1-2-22-13(21)17(7-5-14)9-10(8-15)12(20)16-6-3-4-11(18)19/h9H,2-7,14H2,1H3,(H,16,20)(H,18,19)/b10-9-. The lowest BCUT2D eigenvalue weighted by molar-refractivity contribution is -0.137. The fraction of sp³-hybridized carbons (Fsp3) is 0.538. The van der Waals surface area contributed by atoms with Crippen LogP contribution in [0, 0.1) is 11.3 Å². The second-order valence-corrected chi connectivity index (χ2v) is 4.09. The summed E-state index contributed by atoms with van der Waals surface area (Å²) in [6.45, 7) is 2.12. The molecule has 0 heterocycles. The fourth-order valence-corrected chi connectivity index (χ4v) is 1.38. The average Bonchev–Trinajstić information content (AvgIpc) is 2.47. The lowest BCUT2D eigenvalue weighted by Crippen LogP contribution is -2.33. The van der Waals surface area contributed by atoms with Crippen molar-refractivity contribution >= 4 is 18.0 Å². The van der Waals surface area contributed by atoms with Gasteiger partial charge in [0, 0.05) is 32.3 Å². The SMILES string of the molecule is CCOC(=O)N(/C=C(/C#N)C(=O)NCCCC(=O)O)CCN. The number of ether oxygens (including phenoxy) is 1. The van der Waals surface area contributed by atoms with Gasteiger partial charge in [-0.15, -0.1) is 0 Å². The second kappa shape index (κ2) is 11.1. The molecule has 0 aromatic heterocycles. The summed E-state index contributed by atoms with van der Waals surface area (Å²) in [5.74, 6) is -1.67. The van der Waals surface area contributed by atoms with E-state index < -0.39 is 18.0 Å². The molecular formula is C13H20N4O5. The van der Waals surface area contributed by atoms with Gasteiger partial charge in [0.25, 0.3) is 5.91 Å². The van der Waals surface area contributed by atoms with Crippen molar-refractivity contribution in [2.45, 2.75) is 19.8 Å². The maximum absolute atomic E-state index is 11.8. The van der Waals surface area contributed by atoms with Crippen LogP contribution in [0.1, 0.15) is 19.8 Å². The first-order chi connectivity index (χ1) is 10.5. The summed E-state index contributed by atoms with van der Waals surface area (Å²) in [5.41, 5.74) is 5.07. The quantitative estimate of drug-likeness (QED) is 0.303. The lowest BCUT2D eigenvalue weighted by Gasteiger charge is -2.17. The first-order valence-corrected chi connectivity index (χ1v) is 6.71. The Morgan fingerprint density at radius 1 is 1.45 bits per heavy atom. The largest absolute Gasteiger partial charge is 0.481 e. The molecule has 9 nitrogen and oxygen atoms in total. The van der Waals surface area contributed by atoms with E-state index in [1.807, 2.05) is 0 Å². The summed E-state index contributed by atoms with van der Waals surface area (Å²) < 4.78 is 4.79. The molecule has 0 rings (SSSR count). The molecule has 0 saturated carbocycles. The van der Waals surface area contributed by atoms with Gasteiger partial charge in [0.15, 0.2) is 0 Å². The minimum absolute atomic E-state index is 0.0893. The van der Waals surface area contributed by atoms with Crippen LogP contribution in [0.15, 0.2) is 11.8 Å². The Balaban J connectivity index is 4.73. The monoisotopic (exact) mass is 312 g/mol. The van der Waals surface area contributed by atoms with Gasteiger partial charge in [-0.3, -0.25) is 14.5 Å². The van der Waals surface area contributed by atoms with Crippen LogP contribution in [0.3, 0.4) is 0 Å². The third kappa shape index (κ3) is 7.86. The Morgan fingerprint density at radius 2 is 2.14 bits per heavy atom. The minimum Gasteiger partial charge on any atom is -0.481 e. The van der Waals surface area contributed by atoms with Gasteiger partial charge in [0.1, 0.15) is 11.6 Å². The highest BCUT2D eigenvalue weighted by Crippen LogP contribution is 2.01. The van der Waals surface area contributed by atoms with Crippen molar-refractivity contribution < 1.29 is 24.2 Å². The number of hydrogen-bond acceptors (Lipinski definition) is 6. The van der Waals surface area contributed by atoms with Crippen molar-refractivity contribution in [3.05, 3.63) is 11.8 Å². The molecule has 0 aliphatic heterocycles. The van der Waals surface area contributed by atoms with Crippen molar-refractivity contribution in [1.29, 1.82) is 5.26 Å². The number of aliphatic carboxylic acids is 1. The van der Waals surface area contributed by atoms with Gasteiger partial charge in [-0.25, -0.2) is 4.79 Å². The van der Waals surface area contributed by atoms with Gasteiger partial charge in [0.2, 0.25) is 0 Å². The fourth-order valence-electron chi connectivity index (χ4n) is 1.38. The van der Waals surface area contributed by atoms with Crippen molar-refractivity contribution in [2.75, 3.05) is 26.2 Å². The molecule has 0 spiro atoms. The van der Waals surface area contributed by atoms with Gasteiger partial charge in [0.05, 0.1) is 6.61 Å². The number of carboxylic acid groups (broad SMARTS) is 1. The van der Waals surface area contributed by atoms with Crippen molar-refractivity contribution in [1.82, 2.24) is 10.2 Å². The van der Waals surface area contributed by atoms with Crippen LogP contribution in [0.2, 0.25) is 0 Å². The van der Waals surface area contributed by atoms with E-state index in [0.29, 0.717) is 0 Å². The van der Waals surface area contributed by atoms with Gasteiger partial charge in [-0.2, -0.15) is 5.26 Å². The molecule has 9 heteroatoms. The van der Waals surface area contributed by atoms with E-state index in [4.69, 9.17) is 20.8 Å². The van der Waals surface area contributed by atoms with Crippen LogP contribution in [0.4, 0.5) is 4.79 Å². The van der Waals surface area contributed by atoms with Crippen LogP contribution in [0.25, 0.3) is 0 Å². The summed E-state index contributed by atoms with van der Waals surface area (Å²) >= 11 is 0. The topological polar surface area (TPSA) is 146 Å². The Morgan fingerprint density at radius 3 is 2.64 bits per heavy atom. The number of carboxylic acids is 1. The number of carbonyl (C=O) groups excluding carboxylic acids is 2. The highest BCUT2D eigenvalue weighted by Gasteiger charge is 2.16. The average molecular weight is 312 g/mol. The van der Waals surface area contributed by atoms with E-state index in [0.717, 1.165) is 11.1 Å². The number of nitriles is 1. The van der Waals surface area contributed by atoms with Crippen molar-refractivity contribution in [3.8, 4) is 6.07 Å². The summed E-state index contributed by atoms with van der Waals surface area (Å²) in [4.78, 5) is 34.8. The molecule has 0 unspecified atom stereocenters. The van der Waals surface area contributed by atoms with Gasteiger partial charge in [-0.1, -0.05) is 0 Å². The third-order valence-corrected chi connectivity index (χ3v) is 2.38. The molecule has 0 saturated heterocycles. The zero-order valence-electron chi connectivity index (χ0n) is 12.4. The van der Waals surface area contributed by atoms with E-state index in [1.54, 1.807) is 13.0 Å². The van der Waals surface area contributed by atoms with Gasteiger partial charge in [-0.05, 0) is 13.3 Å². The predicted octanol–water partition coefficient (Wildman–Crippen LogP) is -0.208. The number of nitrogens with one attached hydrogen (secondary N) is 1. The van der Waals surface area contributed by atoms with E-state index in [-0.39, 0.29) is 44.7 Å². The molecule has 0 aromatic rings.